The molecule has 2 N–H and O–H groups in total. The van der Waals surface area contributed by atoms with Crippen LogP contribution >= 0.6 is 24.0 Å². The van der Waals surface area contributed by atoms with Gasteiger partial charge in [0.15, 0.2) is 17.5 Å². The maximum atomic E-state index is 5.91. The molecule has 1 fully saturated rings. The molecule has 0 bridgehead atoms. The molecule has 0 atom stereocenters. The maximum absolute atomic E-state index is 5.91. The van der Waals surface area contributed by atoms with E-state index in [4.69, 9.17) is 14.5 Å². The third-order valence-corrected chi connectivity index (χ3v) is 5.39. The second-order valence-corrected chi connectivity index (χ2v) is 7.94. The van der Waals surface area contributed by atoms with E-state index < -0.39 is 0 Å². The van der Waals surface area contributed by atoms with Gasteiger partial charge in [-0.25, -0.2) is 9.98 Å². The number of hydrogen-bond acceptors (Lipinski definition) is 5. The summed E-state index contributed by atoms with van der Waals surface area (Å²) in [5, 5.41) is 6.97. The number of aromatic nitrogens is 1. The quantitative estimate of drug-likeness (QED) is 0.244. The van der Waals surface area contributed by atoms with Gasteiger partial charge < -0.3 is 25.0 Å². The molecule has 1 saturated heterocycles. The Morgan fingerprint density at radius 2 is 1.85 bits per heavy atom. The normalized spacial score (nSPS) is 14.9. The van der Waals surface area contributed by atoms with Crippen molar-refractivity contribution in [1.82, 2.24) is 20.5 Å². The van der Waals surface area contributed by atoms with Crippen LogP contribution in [-0.2, 0) is 6.54 Å². The molecule has 0 saturated carbocycles. The summed E-state index contributed by atoms with van der Waals surface area (Å²) in [6.45, 7) is 11.8. The van der Waals surface area contributed by atoms with Crippen LogP contribution in [0.1, 0.15) is 45.6 Å². The molecular formula is C25H38IN5O2. The molecule has 0 unspecified atom stereocenters. The lowest BCUT2D eigenvalue weighted by Gasteiger charge is -2.32. The SMILES string of the molecule is CCCN1CCC(NC(=NCc2ccc(Oc3ccccc3OCC)nc2)NCC)CC1.I. The van der Waals surface area contributed by atoms with Crippen molar-refractivity contribution in [2.24, 2.45) is 4.99 Å². The predicted octanol–water partition coefficient (Wildman–Crippen LogP) is 4.82. The van der Waals surface area contributed by atoms with Gasteiger partial charge in [-0.2, -0.15) is 0 Å². The average Bonchev–Trinajstić information content (AvgIpc) is 2.81. The lowest BCUT2D eigenvalue weighted by molar-refractivity contribution is 0.206. The summed E-state index contributed by atoms with van der Waals surface area (Å²) >= 11 is 0. The molecule has 182 valence electrons. The van der Waals surface area contributed by atoms with Crippen molar-refractivity contribution >= 4 is 29.9 Å². The second-order valence-electron chi connectivity index (χ2n) is 7.94. The van der Waals surface area contributed by atoms with Gasteiger partial charge in [-0.05, 0) is 57.4 Å². The van der Waals surface area contributed by atoms with Crippen molar-refractivity contribution in [3.8, 4) is 17.4 Å². The minimum Gasteiger partial charge on any atom is -0.490 e. The van der Waals surface area contributed by atoms with Crippen LogP contribution in [0.3, 0.4) is 0 Å². The highest BCUT2D eigenvalue weighted by Gasteiger charge is 2.19. The number of piperidine rings is 1. The summed E-state index contributed by atoms with van der Waals surface area (Å²) in [7, 11) is 0. The van der Waals surface area contributed by atoms with Gasteiger partial charge in [-0.15, -0.1) is 24.0 Å². The zero-order valence-corrected chi connectivity index (χ0v) is 22.4. The number of hydrogen-bond donors (Lipinski definition) is 2. The Bertz CT molecular complexity index is 839. The highest BCUT2D eigenvalue weighted by Crippen LogP contribution is 2.30. The largest absolute Gasteiger partial charge is 0.490 e. The minimum absolute atomic E-state index is 0. The Morgan fingerprint density at radius 1 is 1.09 bits per heavy atom. The molecular weight excluding hydrogens is 529 g/mol. The van der Waals surface area contributed by atoms with Crippen molar-refractivity contribution < 1.29 is 9.47 Å². The van der Waals surface area contributed by atoms with E-state index >= 15 is 0 Å². The van der Waals surface area contributed by atoms with Gasteiger partial charge in [0.1, 0.15) is 0 Å². The highest BCUT2D eigenvalue weighted by atomic mass is 127. The average molecular weight is 568 g/mol. The van der Waals surface area contributed by atoms with Gasteiger partial charge in [0.05, 0.1) is 13.2 Å². The van der Waals surface area contributed by atoms with Gasteiger partial charge >= 0.3 is 0 Å². The first-order chi connectivity index (χ1) is 15.7. The molecule has 0 amide bonds. The number of guanidine groups is 1. The molecule has 1 aromatic heterocycles. The van der Waals surface area contributed by atoms with Crippen LogP contribution in [0.15, 0.2) is 47.6 Å². The van der Waals surface area contributed by atoms with E-state index in [1.54, 1.807) is 0 Å². The zero-order valence-electron chi connectivity index (χ0n) is 20.0. The molecule has 2 heterocycles. The molecule has 1 aliphatic heterocycles. The number of rotatable bonds is 10. The van der Waals surface area contributed by atoms with E-state index in [1.807, 2.05) is 49.5 Å². The monoisotopic (exact) mass is 567 g/mol. The summed E-state index contributed by atoms with van der Waals surface area (Å²) in [5.74, 6) is 2.78. The van der Waals surface area contributed by atoms with Crippen molar-refractivity contribution in [1.29, 1.82) is 0 Å². The third-order valence-electron chi connectivity index (χ3n) is 5.39. The maximum Gasteiger partial charge on any atom is 0.219 e. The lowest BCUT2D eigenvalue weighted by atomic mass is 10.1. The number of ether oxygens (including phenoxy) is 2. The molecule has 33 heavy (non-hydrogen) atoms. The van der Waals surface area contributed by atoms with Crippen LogP contribution in [-0.4, -0.2) is 54.7 Å². The first-order valence-corrected chi connectivity index (χ1v) is 11.8. The summed E-state index contributed by atoms with van der Waals surface area (Å²) in [5.41, 5.74) is 1.03. The Hall–Kier alpha value is -2.07. The Kier molecular flexibility index (Phi) is 12.3. The first kappa shape index (κ1) is 27.2. The van der Waals surface area contributed by atoms with Crippen LogP contribution in [0.2, 0.25) is 0 Å². The molecule has 1 aromatic carbocycles. The van der Waals surface area contributed by atoms with Gasteiger partial charge in [0, 0.05) is 37.9 Å². The fraction of sp³-hybridized carbons (Fsp3) is 0.520. The number of nitrogens with one attached hydrogen (secondary N) is 2. The molecule has 0 aliphatic carbocycles. The summed E-state index contributed by atoms with van der Waals surface area (Å²) in [6, 6.07) is 12.0. The predicted molar refractivity (Wildman–Crippen MR) is 145 cm³/mol. The van der Waals surface area contributed by atoms with Crippen LogP contribution in [0.4, 0.5) is 0 Å². The molecule has 3 rings (SSSR count). The second kappa shape index (κ2) is 15.0. The van der Waals surface area contributed by atoms with Crippen LogP contribution in [0.25, 0.3) is 0 Å². The molecule has 0 spiro atoms. The Morgan fingerprint density at radius 3 is 2.48 bits per heavy atom. The van der Waals surface area contributed by atoms with Crippen molar-refractivity contribution in [3.63, 3.8) is 0 Å². The van der Waals surface area contributed by atoms with E-state index in [1.165, 1.54) is 13.0 Å². The Labute approximate surface area is 215 Å². The van der Waals surface area contributed by atoms with Gasteiger partial charge in [-0.3, -0.25) is 0 Å². The van der Waals surface area contributed by atoms with E-state index in [0.29, 0.717) is 36.6 Å². The number of halogens is 1. The number of para-hydroxylation sites is 2. The molecule has 8 heteroatoms. The van der Waals surface area contributed by atoms with Gasteiger partial charge in [0.25, 0.3) is 0 Å². The van der Waals surface area contributed by atoms with Crippen LogP contribution in [0.5, 0.6) is 17.4 Å². The number of likely N-dealkylation sites (tertiary alicyclic amines) is 1. The van der Waals surface area contributed by atoms with Crippen molar-refractivity contribution in [2.75, 3.05) is 32.8 Å². The minimum atomic E-state index is 0. The highest BCUT2D eigenvalue weighted by molar-refractivity contribution is 14.0. The van der Waals surface area contributed by atoms with E-state index in [0.717, 1.165) is 44.0 Å². The van der Waals surface area contributed by atoms with Crippen LogP contribution < -0.4 is 20.1 Å². The number of benzene rings is 1. The van der Waals surface area contributed by atoms with Gasteiger partial charge in [-0.1, -0.05) is 25.1 Å². The lowest BCUT2D eigenvalue weighted by Crippen LogP contribution is -2.48. The fourth-order valence-electron chi connectivity index (χ4n) is 3.79. The van der Waals surface area contributed by atoms with Gasteiger partial charge in [0.2, 0.25) is 5.88 Å². The van der Waals surface area contributed by atoms with Crippen molar-refractivity contribution in [2.45, 2.75) is 52.6 Å². The van der Waals surface area contributed by atoms with Crippen molar-refractivity contribution in [3.05, 3.63) is 48.2 Å². The smallest absolute Gasteiger partial charge is 0.219 e. The number of aliphatic imine (C=N–C) groups is 1. The standard InChI is InChI=1S/C25H37N5O2.HI/c1-4-15-30-16-13-21(14-17-30)29-25(26-5-2)28-19-20-11-12-24(27-18-20)32-23-10-8-7-9-22(23)31-6-3;/h7-12,18,21H,4-6,13-17,19H2,1-3H3,(H2,26,28,29);1H. The first-order valence-electron chi connectivity index (χ1n) is 11.8. The Balaban J connectivity index is 0.00000385. The van der Waals surface area contributed by atoms with E-state index in [2.05, 4.69) is 34.4 Å². The topological polar surface area (TPSA) is 71.0 Å². The van der Waals surface area contributed by atoms with E-state index in [9.17, 15) is 0 Å². The molecule has 1 aliphatic rings. The summed E-state index contributed by atoms with van der Waals surface area (Å²) in [6.07, 6.45) is 5.34. The zero-order chi connectivity index (χ0) is 22.6. The number of nitrogens with zero attached hydrogens (tertiary/aromatic N) is 3. The summed E-state index contributed by atoms with van der Waals surface area (Å²) < 4.78 is 11.5. The number of pyridine rings is 1. The fourth-order valence-corrected chi connectivity index (χ4v) is 3.79. The molecule has 2 aromatic rings. The molecule has 0 radical (unpaired) electrons. The van der Waals surface area contributed by atoms with E-state index in [-0.39, 0.29) is 24.0 Å². The molecule has 7 nitrogen and oxygen atoms in total. The third kappa shape index (κ3) is 9.00. The van der Waals surface area contributed by atoms with Crippen LogP contribution in [0, 0.1) is 0 Å². The summed E-state index contributed by atoms with van der Waals surface area (Å²) in [4.78, 5) is 11.8.